The fourth-order valence-corrected chi connectivity index (χ4v) is 2.79. The summed E-state index contributed by atoms with van der Waals surface area (Å²) in [5.74, 6) is 1.23. The zero-order valence-electron chi connectivity index (χ0n) is 9.50. The Bertz CT molecular complexity index is 421. The molecule has 1 saturated heterocycles. The highest BCUT2D eigenvalue weighted by Crippen LogP contribution is 2.20. The van der Waals surface area contributed by atoms with E-state index in [1.54, 1.807) is 4.90 Å². The fourth-order valence-electron chi connectivity index (χ4n) is 1.88. The van der Waals surface area contributed by atoms with Crippen molar-refractivity contribution < 1.29 is 4.79 Å². The SMILES string of the molecule is N#CC(C(=O)N1CCSCC1)c1ccccc1. The van der Waals surface area contributed by atoms with Crippen molar-refractivity contribution in [1.82, 2.24) is 4.90 Å². The summed E-state index contributed by atoms with van der Waals surface area (Å²) < 4.78 is 0. The van der Waals surface area contributed by atoms with Gasteiger partial charge in [-0.15, -0.1) is 0 Å². The second-order valence-electron chi connectivity index (χ2n) is 3.91. The lowest BCUT2D eigenvalue weighted by atomic mass is 9.99. The van der Waals surface area contributed by atoms with Crippen LogP contribution in [0.4, 0.5) is 0 Å². The molecule has 1 aromatic carbocycles. The van der Waals surface area contributed by atoms with Crippen LogP contribution in [0.2, 0.25) is 0 Å². The number of nitriles is 1. The molecule has 4 heteroatoms. The third-order valence-corrected chi connectivity index (χ3v) is 3.77. The molecule has 1 aliphatic rings. The number of carbonyl (C=O) groups excluding carboxylic acids is 1. The van der Waals surface area contributed by atoms with E-state index in [9.17, 15) is 10.1 Å². The minimum absolute atomic E-state index is 0.0565. The smallest absolute Gasteiger partial charge is 0.244 e. The number of carbonyl (C=O) groups is 1. The Labute approximate surface area is 105 Å². The minimum Gasteiger partial charge on any atom is -0.340 e. The van der Waals surface area contributed by atoms with E-state index in [0.717, 1.165) is 30.2 Å². The van der Waals surface area contributed by atoms with Crippen molar-refractivity contribution in [2.75, 3.05) is 24.6 Å². The third kappa shape index (κ3) is 2.80. The molecule has 1 amide bonds. The molecule has 0 spiro atoms. The van der Waals surface area contributed by atoms with E-state index in [2.05, 4.69) is 6.07 Å². The third-order valence-electron chi connectivity index (χ3n) is 2.83. The van der Waals surface area contributed by atoms with E-state index in [1.165, 1.54) is 0 Å². The maximum absolute atomic E-state index is 12.2. The van der Waals surface area contributed by atoms with Crippen LogP contribution in [0.3, 0.4) is 0 Å². The summed E-state index contributed by atoms with van der Waals surface area (Å²) in [6, 6.07) is 11.4. The molecule has 0 aliphatic carbocycles. The lowest BCUT2D eigenvalue weighted by molar-refractivity contribution is -0.131. The molecule has 1 aliphatic heterocycles. The van der Waals surface area contributed by atoms with Gasteiger partial charge in [-0.05, 0) is 5.56 Å². The van der Waals surface area contributed by atoms with Gasteiger partial charge in [0.25, 0.3) is 0 Å². The standard InChI is InChI=1S/C13H14N2OS/c14-10-12(11-4-2-1-3-5-11)13(16)15-6-8-17-9-7-15/h1-5,12H,6-9H2. The van der Waals surface area contributed by atoms with E-state index >= 15 is 0 Å². The van der Waals surface area contributed by atoms with Gasteiger partial charge in [-0.2, -0.15) is 17.0 Å². The second-order valence-corrected chi connectivity index (χ2v) is 5.14. The number of hydrogen-bond acceptors (Lipinski definition) is 3. The zero-order chi connectivity index (χ0) is 12.1. The molecule has 1 aromatic rings. The van der Waals surface area contributed by atoms with Gasteiger partial charge in [0.05, 0.1) is 6.07 Å². The summed E-state index contributed by atoms with van der Waals surface area (Å²) in [6.07, 6.45) is 0. The molecule has 17 heavy (non-hydrogen) atoms. The topological polar surface area (TPSA) is 44.1 Å². The molecule has 1 unspecified atom stereocenters. The largest absolute Gasteiger partial charge is 0.340 e. The van der Waals surface area contributed by atoms with Crippen molar-refractivity contribution in [2.24, 2.45) is 0 Å². The fraction of sp³-hybridized carbons (Fsp3) is 0.385. The Hall–Kier alpha value is -1.47. The molecule has 0 N–H and O–H groups in total. The Morgan fingerprint density at radius 2 is 1.94 bits per heavy atom. The molecule has 3 nitrogen and oxygen atoms in total. The first-order chi connectivity index (χ1) is 8.33. The highest BCUT2D eigenvalue weighted by Gasteiger charge is 2.26. The molecule has 2 rings (SSSR count). The van der Waals surface area contributed by atoms with Crippen LogP contribution in [0.5, 0.6) is 0 Å². The number of benzene rings is 1. The van der Waals surface area contributed by atoms with E-state index < -0.39 is 5.92 Å². The van der Waals surface area contributed by atoms with Crippen molar-refractivity contribution in [1.29, 1.82) is 5.26 Å². The summed E-state index contributed by atoms with van der Waals surface area (Å²) in [5.41, 5.74) is 0.790. The number of rotatable bonds is 2. The van der Waals surface area contributed by atoms with Gasteiger partial charge in [0, 0.05) is 24.6 Å². The van der Waals surface area contributed by atoms with Crippen LogP contribution < -0.4 is 0 Å². The van der Waals surface area contributed by atoms with Gasteiger partial charge in [-0.1, -0.05) is 30.3 Å². The molecule has 0 bridgehead atoms. The molecule has 1 fully saturated rings. The van der Waals surface area contributed by atoms with Gasteiger partial charge in [0.15, 0.2) is 0 Å². The van der Waals surface area contributed by atoms with E-state index in [0.29, 0.717) is 0 Å². The first kappa shape index (κ1) is 12.0. The molecular weight excluding hydrogens is 232 g/mol. The lowest BCUT2D eigenvalue weighted by Gasteiger charge is -2.28. The van der Waals surface area contributed by atoms with Gasteiger partial charge in [0.2, 0.25) is 5.91 Å². The first-order valence-corrected chi connectivity index (χ1v) is 6.79. The van der Waals surface area contributed by atoms with Crippen molar-refractivity contribution >= 4 is 17.7 Å². The van der Waals surface area contributed by atoms with E-state index in [-0.39, 0.29) is 5.91 Å². The molecule has 0 aromatic heterocycles. The van der Waals surface area contributed by atoms with E-state index in [1.807, 2.05) is 42.1 Å². The van der Waals surface area contributed by atoms with Crippen LogP contribution in [-0.2, 0) is 4.79 Å². The molecule has 1 heterocycles. The monoisotopic (exact) mass is 246 g/mol. The average molecular weight is 246 g/mol. The molecule has 1 atom stereocenters. The van der Waals surface area contributed by atoms with Crippen LogP contribution in [0.25, 0.3) is 0 Å². The van der Waals surface area contributed by atoms with E-state index in [4.69, 9.17) is 0 Å². The molecule has 88 valence electrons. The molecule has 0 radical (unpaired) electrons. The number of amides is 1. The minimum atomic E-state index is -0.653. The maximum Gasteiger partial charge on any atom is 0.244 e. The highest BCUT2D eigenvalue weighted by atomic mass is 32.2. The quantitative estimate of drug-likeness (QED) is 0.800. The average Bonchev–Trinajstić information content (AvgIpc) is 2.42. The summed E-state index contributed by atoms with van der Waals surface area (Å²) >= 11 is 1.85. The summed E-state index contributed by atoms with van der Waals surface area (Å²) in [4.78, 5) is 14.0. The van der Waals surface area contributed by atoms with Crippen molar-refractivity contribution in [3.8, 4) is 6.07 Å². The number of hydrogen-bond donors (Lipinski definition) is 0. The maximum atomic E-state index is 12.2. The van der Waals surface area contributed by atoms with Gasteiger partial charge in [-0.3, -0.25) is 4.79 Å². The van der Waals surface area contributed by atoms with Crippen LogP contribution >= 0.6 is 11.8 Å². The van der Waals surface area contributed by atoms with Crippen molar-refractivity contribution in [3.63, 3.8) is 0 Å². The van der Waals surface area contributed by atoms with Gasteiger partial charge in [0.1, 0.15) is 5.92 Å². The summed E-state index contributed by atoms with van der Waals surface area (Å²) in [5, 5.41) is 9.18. The normalized spacial score (nSPS) is 17.2. The van der Waals surface area contributed by atoms with Crippen molar-refractivity contribution in [2.45, 2.75) is 5.92 Å². The Morgan fingerprint density at radius 3 is 2.53 bits per heavy atom. The van der Waals surface area contributed by atoms with Gasteiger partial charge < -0.3 is 4.90 Å². The van der Waals surface area contributed by atoms with Crippen molar-refractivity contribution in [3.05, 3.63) is 35.9 Å². The van der Waals surface area contributed by atoms with Crippen LogP contribution in [0.1, 0.15) is 11.5 Å². The zero-order valence-corrected chi connectivity index (χ0v) is 10.3. The number of nitrogens with zero attached hydrogens (tertiary/aromatic N) is 2. The van der Waals surface area contributed by atoms with Gasteiger partial charge >= 0.3 is 0 Å². The number of thioether (sulfide) groups is 1. The van der Waals surface area contributed by atoms with Crippen LogP contribution in [0.15, 0.2) is 30.3 Å². The predicted molar refractivity (Wildman–Crippen MR) is 68.7 cm³/mol. The van der Waals surface area contributed by atoms with Crippen LogP contribution in [0, 0.1) is 11.3 Å². The Kier molecular flexibility index (Phi) is 4.05. The van der Waals surface area contributed by atoms with Crippen LogP contribution in [-0.4, -0.2) is 35.4 Å². The van der Waals surface area contributed by atoms with Gasteiger partial charge in [-0.25, -0.2) is 0 Å². The first-order valence-electron chi connectivity index (χ1n) is 5.64. The Morgan fingerprint density at radius 1 is 1.29 bits per heavy atom. The highest BCUT2D eigenvalue weighted by molar-refractivity contribution is 7.99. The Balaban J connectivity index is 2.13. The second kappa shape index (κ2) is 5.74. The molecule has 0 saturated carbocycles. The predicted octanol–water partition coefficient (Wildman–Crippen LogP) is 1.87. The molecular formula is C13H14N2OS. The summed E-state index contributed by atoms with van der Waals surface area (Å²) in [6.45, 7) is 1.52. The lowest BCUT2D eigenvalue weighted by Crippen LogP contribution is -2.40. The summed E-state index contributed by atoms with van der Waals surface area (Å²) in [7, 11) is 0.